The zero-order chi connectivity index (χ0) is 15.6. The minimum absolute atomic E-state index is 0.118. The molecule has 1 aromatic rings. The molecule has 1 aliphatic carbocycles. The summed E-state index contributed by atoms with van der Waals surface area (Å²) in [5, 5.41) is 10.1. The van der Waals surface area contributed by atoms with E-state index in [-0.39, 0.29) is 11.3 Å². The number of aromatic hydroxyl groups is 1. The monoisotopic (exact) mass is 289 g/mol. The second-order valence-electron chi connectivity index (χ2n) is 5.92. The van der Waals surface area contributed by atoms with Gasteiger partial charge in [-0.05, 0) is 38.7 Å². The van der Waals surface area contributed by atoms with Crippen LogP contribution in [0.15, 0.2) is 16.9 Å². The summed E-state index contributed by atoms with van der Waals surface area (Å²) in [6.45, 7) is 3.47. The zero-order valence-corrected chi connectivity index (χ0v) is 13.0. The maximum Gasteiger partial charge on any atom is 0.265 e. The summed E-state index contributed by atoms with van der Waals surface area (Å²) in [6.07, 6.45) is 9.20. The van der Waals surface area contributed by atoms with E-state index in [0.717, 1.165) is 12.8 Å². The van der Waals surface area contributed by atoms with Crippen LogP contribution in [-0.2, 0) is 7.05 Å². The van der Waals surface area contributed by atoms with Crippen LogP contribution in [0.2, 0.25) is 0 Å². The van der Waals surface area contributed by atoms with Crippen molar-refractivity contribution in [3.05, 3.63) is 39.3 Å². The summed E-state index contributed by atoms with van der Waals surface area (Å²) in [4.78, 5) is 24.5. The number of hydrogen-bond donors (Lipinski definition) is 1. The largest absolute Gasteiger partial charge is 0.507 e. The molecule has 2 rings (SSSR count). The molecule has 0 amide bonds. The molecular weight excluding hydrogens is 266 g/mol. The summed E-state index contributed by atoms with van der Waals surface area (Å²) >= 11 is 0. The maximum absolute atomic E-state index is 12.3. The van der Waals surface area contributed by atoms with Crippen molar-refractivity contribution in [2.75, 3.05) is 0 Å². The zero-order valence-electron chi connectivity index (χ0n) is 13.0. The standard InChI is InChI=1S/C17H23NO3/c1-11-12(2)18(3)17(21)15(16(11)20)14(19)10-9-13-7-5-4-6-8-13/h9-10,13,20H,4-8H2,1-3H3/b10-9+. The predicted molar refractivity (Wildman–Crippen MR) is 82.9 cm³/mol. The van der Waals surface area contributed by atoms with Gasteiger partial charge in [0.1, 0.15) is 11.3 Å². The summed E-state index contributed by atoms with van der Waals surface area (Å²) < 4.78 is 1.41. The van der Waals surface area contributed by atoms with Gasteiger partial charge in [0.2, 0.25) is 0 Å². The molecule has 1 aliphatic rings. The van der Waals surface area contributed by atoms with Gasteiger partial charge in [-0.1, -0.05) is 25.3 Å². The van der Waals surface area contributed by atoms with Crippen molar-refractivity contribution >= 4 is 5.78 Å². The van der Waals surface area contributed by atoms with E-state index in [4.69, 9.17) is 0 Å². The number of ketones is 1. The van der Waals surface area contributed by atoms with Crippen LogP contribution >= 0.6 is 0 Å². The van der Waals surface area contributed by atoms with Gasteiger partial charge in [-0.2, -0.15) is 0 Å². The van der Waals surface area contributed by atoms with Gasteiger partial charge in [0.05, 0.1) is 0 Å². The third-order valence-corrected chi connectivity index (χ3v) is 4.57. The van der Waals surface area contributed by atoms with Crippen LogP contribution in [0, 0.1) is 19.8 Å². The molecule has 0 aliphatic heterocycles. The van der Waals surface area contributed by atoms with E-state index >= 15 is 0 Å². The molecule has 4 nitrogen and oxygen atoms in total. The second-order valence-corrected chi connectivity index (χ2v) is 5.92. The van der Waals surface area contributed by atoms with E-state index in [0.29, 0.717) is 17.2 Å². The molecule has 0 saturated heterocycles. The first-order valence-electron chi connectivity index (χ1n) is 7.55. The van der Waals surface area contributed by atoms with Crippen LogP contribution in [-0.4, -0.2) is 15.5 Å². The SMILES string of the molecule is Cc1c(O)c(C(=O)/C=C/C2CCCCC2)c(=O)n(C)c1C. The van der Waals surface area contributed by atoms with E-state index in [2.05, 4.69) is 0 Å². The van der Waals surface area contributed by atoms with E-state index < -0.39 is 11.3 Å². The molecule has 0 unspecified atom stereocenters. The fourth-order valence-electron chi connectivity index (χ4n) is 2.89. The number of allylic oxidation sites excluding steroid dienone is 2. The van der Waals surface area contributed by atoms with Crippen molar-refractivity contribution in [3.8, 4) is 5.75 Å². The van der Waals surface area contributed by atoms with Crippen molar-refractivity contribution in [2.45, 2.75) is 46.0 Å². The molecule has 1 aromatic heterocycles. The van der Waals surface area contributed by atoms with Crippen LogP contribution in [0.3, 0.4) is 0 Å². The van der Waals surface area contributed by atoms with Gasteiger partial charge in [0.25, 0.3) is 5.56 Å². The molecule has 0 aromatic carbocycles. The third kappa shape index (κ3) is 3.09. The highest BCUT2D eigenvalue weighted by Gasteiger charge is 2.20. The Bertz CT molecular complexity index is 634. The normalized spacial score (nSPS) is 16.5. The van der Waals surface area contributed by atoms with Gasteiger partial charge in [-0.15, -0.1) is 0 Å². The Morgan fingerprint density at radius 2 is 1.86 bits per heavy atom. The molecule has 0 atom stereocenters. The lowest BCUT2D eigenvalue weighted by molar-refractivity contribution is 0.104. The van der Waals surface area contributed by atoms with Crippen LogP contribution < -0.4 is 5.56 Å². The topological polar surface area (TPSA) is 59.3 Å². The number of rotatable bonds is 3. The third-order valence-electron chi connectivity index (χ3n) is 4.57. The van der Waals surface area contributed by atoms with Crippen LogP contribution in [0.4, 0.5) is 0 Å². The van der Waals surface area contributed by atoms with E-state index in [1.54, 1.807) is 20.9 Å². The molecule has 4 heteroatoms. The molecule has 21 heavy (non-hydrogen) atoms. The average Bonchev–Trinajstić information content (AvgIpc) is 2.50. The Hall–Kier alpha value is -1.84. The molecule has 1 heterocycles. The number of carbonyl (C=O) groups is 1. The van der Waals surface area contributed by atoms with Crippen molar-refractivity contribution in [1.29, 1.82) is 0 Å². The van der Waals surface area contributed by atoms with Crippen molar-refractivity contribution in [2.24, 2.45) is 13.0 Å². The van der Waals surface area contributed by atoms with E-state index in [1.165, 1.54) is 29.9 Å². The first kappa shape index (κ1) is 15.5. The van der Waals surface area contributed by atoms with Gasteiger partial charge in [-0.3, -0.25) is 9.59 Å². The highest BCUT2D eigenvalue weighted by Crippen LogP contribution is 2.26. The lowest BCUT2D eigenvalue weighted by atomic mass is 9.88. The lowest BCUT2D eigenvalue weighted by Gasteiger charge is -2.17. The molecular formula is C17H23NO3. The average molecular weight is 289 g/mol. The smallest absolute Gasteiger partial charge is 0.265 e. The Kier molecular flexibility index (Phi) is 4.66. The Balaban J connectivity index is 2.31. The fourth-order valence-corrected chi connectivity index (χ4v) is 2.89. The highest BCUT2D eigenvalue weighted by molar-refractivity contribution is 6.06. The predicted octanol–water partition coefficient (Wildman–Crippen LogP) is 3.03. The quantitative estimate of drug-likeness (QED) is 0.687. The first-order valence-corrected chi connectivity index (χ1v) is 7.55. The van der Waals surface area contributed by atoms with Crippen LogP contribution in [0.1, 0.15) is 53.7 Å². The summed E-state index contributed by atoms with van der Waals surface area (Å²) in [7, 11) is 1.62. The molecule has 0 spiro atoms. The number of carbonyl (C=O) groups excluding carboxylic acids is 1. The maximum atomic E-state index is 12.3. The molecule has 1 saturated carbocycles. The van der Waals surface area contributed by atoms with Crippen LogP contribution in [0.25, 0.3) is 0 Å². The first-order chi connectivity index (χ1) is 9.93. The van der Waals surface area contributed by atoms with Crippen LogP contribution in [0.5, 0.6) is 5.75 Å². The fraction of sp³-hybridized carbons (Fsp3) is 0.529. The molecule has 1 fully saturated rings. The summed E-state index contributed by atoms with van der Waals surface area (Å²) in [5.74, 6) is -0.170. The van der Waals surface area contributed by atoms with Gasteiger partial charge < -0.3 is 9.67 Å². The number of pyridine rings is 1. The molecule has 0 bridgehead atoms. The number of hydrogen-bond acceptors (Lipinski definition) is 3. The summed E-state index contributed by atoms with van der Waals surface area (Å²) in [6, 6.07) is 0. The van der Waals surface area contributed by atoms with E-state index in [1.807, 2.05) is 6.08 Å². The molecule has 114 valence electrons. The molecule has 0 radical (unpaired) electrons. The van der Waals surface area contributed by atoms with Crippen molar-refractivity contribution < 1.29 is 9.90 Å². The Morgan fingerprint density at radius 3 is 2.48 bits per heavy atom. The highest BCUT2D eigenvalue weighted by atomic mass is 16.3. The Morgan fingerprint density at radius 1 is 1.24 bits per heavy atom. The number of nitrogens with zero attached hydrogens (tertiary/aromatic N) is 1. The van der Waals surface area contributed by atoms with Gasteiger partial charge in [-0.25, -0.2) is 0 Å². The minimum atomic E-state index is -0.436. The molecule has 1 N–H and O–H groups in total. The van der Waals surface area contributed by atoms with Crippen molar-refractivity contribution in [3.63, 3.8) is 0 Å². The minimum Gasteiger partial charge on any atom is -0.507 e. The van der Waals surface area contributed by atoms with E-state index in [9.17, 15) is 14.7 Å². The number of aromatic nitrogens is 1. The van der Waals surface area contributed by atoms with Gasteiger partial charge in [0.15, 0.2) is 5.78 Å². The van der Waals surface area contributed by atoms with Gasteiger partial charge in [0, 0.05) is 18.3 Å². The second kappa shape index (κ2) is 6.29. The van der Waals surface area contributed by atoms with Crippen molar-refractivity contribution in [1.82, 2.24) is 4.57 Å². The lowest BCUT2D eigenvalue weighted by Crippen LogP contribution is -2.26. The van der Waals surface area contributed by atoms with Gasteiger partial charge >= 0.3 is 0 Å². The Labute approximate surface area is 125 Å². The summed E-state index contributed by atoms with van der Waals surface area (Å²) in [5.41, 5.74) is 0.693.